The fourth-order valence-electron chi connectivity index (χ4n) is 1.50. The molecule has 0 saturated heterocycles. The first-order valence-corrected chi connectivity index (χ1v) is 6.51. The van der Waals surface area contributed by atoms with E-state index >= 15 is 0 Å². The van der Waals surface area contributed by atoms with E-state index in [0.29, 0.717) is 6.54 Å². The van der Waals surface area contributed by atoms with Crippen molar-refractivity contribution in [2.24, 2.45) is 0 Å². The number of carbonyl (C=O) groups excluding carboxylic acids is 1. The van der Waals surface area contributed by atoms with Crippen molar-refractivity contribution in [1.29, 1.82) is 0 Å². The fourth-order valence-corrected chi connectivity index (χ4v) is 1.72. The van der Waals surface area contributed by atoms with Crippen LogP contribution in [0.1, 0.15) is 33.4 Å². The van der Waals surface area contributed by atoms with Gasteiger partial charge in [0, 0.05) is 12.2 Å². The minimum Gasteiger partial charge on any atom is -0.333 e. The van der Waals surface area contributed by atoms with E-state index in [0.717, 1.165) is 5.69 Å². The predicted octanol–water partition coefficient (Wildman–Crippen LogP) is 2.99. The molecule has 0 fully saturated rings. The van der Waals surface area contributed by atoms with Gasteiger partial charge in [-0.2, -0.15) is 0 Å². The molecule has 0 unspecified atom stereocenters. The smallest absolute Gasteiger partial charge is 0.239 e. The Bertz CT molecular complexity index is 371. The molecule has 0 saturated carbocycles. The second-order valence-electron chi connectivity index (χ2n) is 4.82. The molecule has 1 amide bonds. The van der Waals surface area contributed by atoms with Gasteiger partial charge in [-0.05, 0) is 39.8 Å². The summed E-state index contributed by atoms with van der Waals surface area (Å²) in [4.78, 5) is 18.3. The minimum atomic E-state index is -0.536. The number of rotatable bonds is 4. The van der Waals surface area contributed by atoms with Crippen molar-refractivity contribution in [3.63, 3.8) is 0 Å². The molecule has 0 radical (unpaired) electrons. The maximum Gasteiger partial charge on any atom is 0.239 e. The van der Waals surface area contributed by atoms with Gasteiger partial charge in [0.25, 0.3) is 0 Å². The number of pyridine rings is 1. The van der Waals surface area contributed by atoms with Gasteiger partial charge in [0.2, 0.25) is 5.91 Å². The highest BCUT2D eigenvalue weighted by Crippen LogP contribution is 2.21. The number of nitrogens with zero attached hydrogens (tertiary/aromatic N) is 2. The lowest BCUT2D eigenvalue weighted by molar-refractivity contribution is -0.135. The van der Waals surface area contributed by atoms with Gasteiger partial charge in [-0.15, -0.1) is 0 Å². The van der Waals surface area contributed by atoms with Gasteiger partial charge < -0.3 is 4.90 Å². The Morgan fingerprint density at radius 2 is 2.12 bits per heavy atom. The topological polar surface area (TPSA) is 33.2 Å². The number of amides is 1. The zero-order valence-electron chi connectivity index (χ0n) is 10.8. The van der Waals surface area contributed by atoms with Crippen LogP contribution in [0.5, 0.6) is 0 Å². The van der Waals surface area contributed by atoms with Gasteiger partial charge in [0.1, 0.15) is 0 Å². The van der Waals surface area contributed by atoms with E-state index in [1.165, 1.54) is 0 Å². The number of alkyl halides is 1. The fraction of sp³-hybridized carbons (Fsp3) is 0.538. The Labute approximate surface area is 111 Å². The number of hydrogen-bond acceptors (Lipinski definition) is 2. The number of hydrogen-bond donors (Lipinski definition) is 0. The Kier molecular flexibility index (Phi) is 4.69. The monoisotopic (exact) mass is 298 g/mol. The second-order valence-corrected chi connectivity index (χ2v) is 6.80. The zero-order chi connectivity index (χ0) is 13.1. The third-order valence-electron chi connectivity index (χ3n) is 2.45. The first-order chi connectivity index (χ1) is 7.82. The van der Waals surface area contributed by atoms with Crippen molar-refractivity contribution in [2.75, 3.05) is 0 Å². The third kappa shape index (κ3) is 4.11. The summed E-state index contributed by atoms with van der Waals surface area (Å²) in [5.41, 5.74) is 0.909. The van der Waals surface area contributed by atoms with Crippen molar-refractivity contribution < 1.29 is 4.79 Å². The van der Waals surface area contributed by atoms with E-state index in [9.17, 15) is 4.79 Å². The van der Waals surface area contributed by atoms with Crippen LogP contribution < -0.4 is 0 Å². The molecule has 0 bridgehead atoms. The van der Waals surface area contributed by atoms with E-state index in [2.05, 4.69) is 20.9 Å². The molecule has 1 aromatic heterocycles. The van der Waals surface area contributed by atoms with Crippen LogP contribution in [0.2, 0.25) is 0 Å². The number of halogens is 1. The molecule has 3 nitrogen and oxygen atoms in total. The molecule has 1 heterocycles. The average molecular weight is 299 g/mol. The molecule has 1 aromatic rings. The van der Waals surface area contributed by atoms with E-state index in [1.54, 1.807) is 6.20 Å². The lowest BCUT2D eigenvalue weighted by Gasteiger charge is -2.31. The summed E-state index contributed by atoms with van der Waals surface area (Å²) >= 11 is 3.41. The van der Waals surface area contributed by atoms with Crippen LogP contribution in [0.15, 0.2) is 24.4 Å². The Hall–Kier alpha value is -0.900. The van der Waals surface area contributed by atoms with Gasteiger partial charge in [0.05, 0.1) is 16.6 Å². The van der Waals surface area contributed by atoms with Crippen LogP contribution in [0, 0.1) is 0 Å². The molecule has 0 aliphatic rings. The first kappa shape index (κ1) is 14.2. The molecule has 0 N–H and O–H groups in total. The van der Waals surface area contributed by atoms with Crippen molar-refractivity contribution in [3.05, 3.63) is 30.1 Å². The summed E-state index contributed by atoms with van der Waals surface area (Å²) in [6.45, 7) is 8.30. The molecule has 1 rings (SSSR count). The highest BCUT2D eigenvalue weighted by Gasteiger charge is 2.30. The van der Waals surface area contributed by atoms with Crippen molar-refractivity contribution in [1.82, 2.24) is 9.88 Å². The van der Waals surface area contributed by atoms with Crippen molar-refractivity contribution in [3.8, 4) is 0 Å². The predicted molar refractivity (Wildman–Crippen MR) is 72.9 cm³/mol. The van der Waals surface area contributed by atoms with E-state index in [1.807, 2.05) is 50.8 Å². The lowest BCUT2D eigenvalue weighted by Crippen LogP contribution is -2.45. The molecule has 0 aliphatic heterocycles. The minimum absolute atomic E-state index is 0.0816. The maximum atomic E-state index is 12.3. The largest absolute Gasteiger partial charge is 0.333 e. The molecule has 4 heteroatoms. The van der Waals surface area contributed by atoms with Gasteiger partial charge in [0.15, 0.2) is 0 Å². The van der Waals surface area contributed by atoms with E-state index in [-0.39, 0.29) is 11.9 Å². The number of aromatic nitrogens is 1. The molecule has 0 aromatic carbocycles. The summed E-state index contributed by atoms with van der Waals surface area (Å²) in [5.74, 6) is 0.0816. The molecule has 0 spiro atoms. The zero-order valence-corrected chi connectivity index (χ0v) is 12.4. The lowest BCUT2D eigenvalue weighted by atomic mass is 10.1. The molecule has 17 heavy (non-hydrogen) atoms. The van der Waals surface area contributed by atoms with Crippen molar-refractivity contribution in [2.45, 2.75) is 44.6 Å². The van der Waals surface area contributed by atoms with Gasteiger partial charge >= 0.3 is 0 Å². The SMILES string of the molecule is CC(C)N(Cc1ccccn1)C(=O)C(C)(C)Br. The van der Waals surface area contributed by atoms with Crippen LogP contribution in [-0.4, -0.2) is 26.2 Å². The van der Waals surface area contributed by atoms with E-state index < -0.39 is 4.32 Å². The van der Waals surface area contributed by atoms with Crippen molar-refractivity contribution >= 4 is 21.8 Å². The van der Waals surface area contributed by atoms with Gasteiger partial charge in [-0.25, -0.2) is 0 Å². The maximum absolute atomic E-state index is 12.3. The third-order valence-corrected chi connectivity index (χ3v) is 2.79. The summed E-state index contributed by atoms with van der Waals surface area (Å²) in [7, 11) is 0. The summed E-state index contributed by atoms with van der Waals surface area (Å²) < 4.78 is -0.536. The summed E-state index contributed by atoms with van der Waals surface area (Å²) in [6, 6.07) is 5.90. The highest BCUT2D eigenvalue weighted by atomic mass is 79.9. The average Bonchev–Trinajstić information content (AvgIpc) is 2.24. The van der Waals surface area contributed by atoms with E-state index in [4.69, 9.17) is 0 Å². The molecular formula is C13H19BrN2O. The van der Waals surface area contributed by atoms with Crippen LogP contribution in [0.25, 0.3) is 0 Å². The number of carbonyl (C=O) groups is 1. The van der Waals surface area contributed by atoms with Crippen LogP contribution in [0.4, 0.5) is 0 Å². The Morgan fingerprint density at radius 3 is 2.53 bits per heavy atom. The standard InChI is InChI=1S/C13H19BrN2O/c1-10(2)16(12(17)13(3,4)14)9-11-7-5-6-8-15-11/h5-8,10H,9H2,1-4H3. The Morgan fingerprint density at radius 1 is 1.47 bits per heavy atom. The normalized spacial score (nSPS) is 11.6. The Balaban J connectivity index is 2.85. The summed E-state index contributed by atoms with van der Waals surface area (Å²) in [6.07, 6.45) is 1.75. The molecule has 94 valence electrons. The molecule has 0 aliphatic carbocycles. The van der Waals surface area contributed by atoms with Crippen LogP contribution in [0.3, 0.4) is 0 Å². The van der Waals surface area contributed by atoms with Gasteiger partial charge in [-0.3, -0.25) is 9.78 Å². The van der Waals surface area contributed by atoms with Crippen LogP contribution >= 0.6 is 15.9 Å². The van der Waals surface area contributed by atoms with Crippen LogP contribution in [-0.2, 0) is 11.3 Å². The highest BCUT2D eigenvalue weighted by molar-refractivity contribution is 9.10. The summed E-state index contributed by atoms with van der Waals surface area (Å²) in [5, 5.41) is 0. The second kappa shape index (κ2) is 5.63. The molecular weight excluding hydrogens is 280 g/mol. The molecule has 0 atom stereocenters. The van der Waals surface area contributed by atoms with Gasteiger partial charge in [-0.1, -0.05) is 22.0 Å². The first-order valence-electron chi connectivity index (χ1n) is 5.72. The quantitative estimate of drug-likeness (QED) is 0.801.